The van der Waals surface area contributed by atoms with Crippen LogP contribution in [-0.2, 0) is 63.9 Å². The quantitative estimate of drug-likeness (QED) is 0.0207. The number of rotatable bonds is 47. The summed E-state index contributed by atoms with van der Waals surface area (Å²) in [6, 6.07) is 9.40. The Hall–Kier alpha value is -5.77. The van der Waals surface area contributed by atoms with Crippen molar-refractivity contribution in [2.45, 2.75) is 172 Å². The number of unbranched alkanes of at least 4 members (excludes halogenated alkanes) is 13. The Morgan fingerprint density at radius 1 is 0.358 bits per heavy atom. The molecule has 0 unspecified atom stereocenters. The number of ether oxygens (including phenoxy) is 4. The number of alkyl halides is 9. The number of amides is 7. The van der Waals surface area contributed by atoms with E-state index in [1.807, 2.05) is 30.3 Å². The number of halogens is 9. The first-order chi connectivity index (χ1) is 38.4. The lowest BCUT2D eigenvalue weighted by molar-refractivity contribution is -0.173. The lowest BCUT2D eigenvalue weighted by Crippen LogP contribution is -2.58. The van der Waals surface area contributed by atoms with E-state index in [1.165, 1.54) is 0 Å². The first-order valence-electron chi connectivity index (χ1n) is 27.5. The molecule has 0 aliphatic carbocycles. The predicted molar refractivity (Wildman–Crippen MR) is 277 cm³/mol. The summed E-state index contributed by atoms with van der Waals surface area (Å²) in [6.07, 6.45) is -5.29. The molecule has 464 valence electrons. The molecule has 1 rings (SSSR count). The minimum atomic E-state index is -4.99. The van der Waals surface area contributed by atoms with Crippen LogP contribution in [0.3, 0.4) is 0 Å². The topological polar surface area (TPSA) is 258 Å². The van der Waals surface area contributed by atoms with E-state index >= 15 is 0 Å². The van der Waals surface area contributed by atoms with Gasteiger partial charge in [0.2, 0.25) is 23.6 Å². The first-order valence-corrected chi connectivity index (χ1v) is 27.5. The van der Waals surface area contributed by atoms with E-state index in [-0.39, 0.29) is 136 Å². The summed E-state index contributed by atoms with van der Waals surface area (Å²) in [4.78, 5) is 96.6. The van der Waals surface area contributed by atoms with Gasteiger partial charge in [0.15, 0.2) is 0 Å². The van der Waals surface area contributed by atoms with Crippen LogP contribution < -0.4 is 37.2 Å². The third-order valence-corrected chi connectivity index (χ3v) is 11.9. The molecule has 0 bridgehead atoms. The van der Waals surface area contributed by atoms with Crippen LogP contribution in [0.5, 0.6) is 0 Å². The highest BCUT2D eigenvalue weighted by molar-refractivity contribution is 5.82. The number of hydrogen-bond acceptors (Lipinski definition) is 12. The Morgan fingerprint density at radius 2 is 0.667 bits per heavy atom. The number of carbonyl (C=O) groups is 8. The molecule has 19 nitrogen and oxygen atoms in total. The van der Waals surface area contributed by atoms with Gasteiger partial charge in [-0.3, -0.25) is 38.4 Å². The lowest BCUT2D eigenvalue weighted by atomic mass is 10.0. The zero-order valence-electron chi connectivity index (χ0n) is 45.9. The zero-order valence-corrected chi connectivity index (χ0v) is 45.9. The highest BCUT2D eigenvalue weighted by Gasteiger charge is 2.40. The van der Waals surface area contributed by atoms with Crippen molar-refractivity contribution in [3.05, 3.63) is 35.9 Å². The molecule has 0 aliphatic heterocycles. The highest BCUT2D eigenvalue weighted by Crippen LogP contribution is 2.18. The van der Waals surface area contributed by atoms with Gasteiger partial charge in [-0.15, -0.1) is 0 Å². The van der Waals surface area contributed by atoms with Crippen LogP contribution in [0.15, 0.2) is 30.3 Å². The molecule has 81 heavy (non-hydrogen) atoms. The zero-order chi connectivity index (χ0) is 60.3. The van der Waals surface area contributed by atoms with Crippen LogP contribution in [0.1, 0.15) is 147 Å². The summed E-state index contributed by atoms with van der Waals surface area (Å²) in [6.45, 7) is -1.04. The van der Waals surface area contributed by atoms with E-state index in [9.17, 15) is 77.9 Å². The van der Waals surface area contributed by atoms with Crippen molar-refractivity contribution in [2.75, 3.05) is 78.9 Å². The number of benzene rings is 1. The van der Waals surface area contributed by atoms with Crippen molar-refractivity contribution < 1.29 is 96.8 Å². The maximum atomic E-state index is 13.6. The number of esters is 1. The Labute approximate surface area is 467 Å². The molecule has 0 spiro atoms. The van der Waals surface area contributed by atoms with Gasteiger partial charge in [0, 0.05) is 71.4 Å². The molecule has 1 aromatic rings. The lowest BCUT2D eigenvalue weighted by Gasteiger charge is -2.34. The Kier molecular flexibility index (Phi) is 38.9. The molecule has 0 heterocycles. The van der Waals surface area contributed by atoms with Gasteiger partial charge in [0.1, 0.15) is 12.1 Å². The monoisotopic (exact) mass is 1180 g/mol. The fourth-order valence-corrected chi connectivity index (χ4v) is 7.45. The van der Waals surface area contributed by atoms with E-state index in [0.717, 1.165) is 44.1 Å². The molecule has 7 amide bonds. The molecule has 0 fully saturated rings. The number of carbonyl (C=O) groups excluding carboxylic acids is 8. The largest absolute Gasteiger partial charge is 0.471 e. The van der Waals surface area contributed by atoms with Crippen molar-refractivity contribution in [3.8, 4) is 0 Å². The summed E-state index contributed by atoms with van der Waals surface area (Å²) < 4.78 is 135. The smallest absolute Gasteiger partial charge is 0.461 e. The van der Waals surface area contributed by atoms with E-state index in [0.29, 0.717) is 57.8 Å². The van der Waals surface area contributed by atoms with Gasteiger partial charge in [-0.25, -0.2) is 0 Å². The minimum absolute atomic E-state index is 0.0954. The second-order valence-electron chi connectivity index (χ2n) is 19.2. The maximum absolute atomic E-state index is 13.6. The van der Waals surface area contributed by atoms with Gasteiger partial charge in [-0.1, -0.05) is 68.9 Å². The van der Waals surface area contributed by atoms with Crippen LogP contribution >= 0.6 is 0 Å². The average Bonchev–Trinajstić information content (AvgIpc) is 3.41. The first kappa shape index (κ1) is 73.2. The van der Waals surface area contributed by atoms with Gasteiger partial charge < -0.3 is 56.2 Å². The molecule has 28 heteroatoms. The van der Waals surface area contributed by atoms with Crippen LogP contribution in [-0.4, -0.2) is 150 Å². The molecule has 0 radical (unpaired) electrons. The summed E-state index contributed by atoms with van der Waals surface area (Å²) in [5.41, 5.74) is -0.516. The van der Waals surface area contributed by atoms with E-state index in [1.54, 1.807) is 16.0 Å². The van der Waals surface area contributed by atoms with Crippen LogP contribution in [0.25, 0.3) is 0 Å². The van der Waals surface area contributed by atoms with E-state index in [2.05, 4.69) is 21.3 Å². The second kappa shape index (κ2) is 43.0. The third-order valence-electron chi connectivity index (χ3n) is 11.9. The molecule has 0 saturated carbocycles. The van der Waals surface area contributed by atoms with Gasteiger partial charge in [-0.05, 0) is 76.2 Å². The normalized spacial score (nSPS) is 11.8. The van der Waals surface area contributed by atoms with Gasteiger partial charge in [0.25, 0.3) is 0 Å². The molecule has 1 aromatic carbocycles. The van der Waals surface area contributed by atoms with Crippen LogP contribution in [0.4, 0.5) is 39.5 Å². The predicted octanol–water partition coefficient (Wildman–Crippen LogP) is 6.60. The maximum Gasteiger partial charge on any atom is 0.471 e. The van der Waals surface area contributed by atoms with Crippen molar-refractivity contribution in [3.63, 3.8) is 0 Å². The summed E-state index contributed by atoms with van der Waals surface area (Å²) >= 11 is 0. The molecular weight excluding hydrogens is 1100 g/mol. The highest BCUT2D eigenvalue weighted by atomic mass is 19.4. The van der Waals surface area contributed by atoms with Crippen molar-refractivity contribution in [1.29, 1.82) is 0 Å². The Bertz CT molecular complexity index is 1820. The summed E-state index contributed by atoms with van der Waals surface area (Å²) in [5, 5.41) is 16.3. The third kappa shape index (κ3) is 41.0. The molecular formula is C53H82F9N7O12. The Balaban J connectivity index is 2.87. The summed E-state index contributed by atoms with van der Waals surface area (Å²) in [5.74, 6) is -8.01. The van der Waals surface area contributed by atoms with Crippen molar-refractivity contribution in [2.24, 2.45) is 0 Å². The average molecular weight is 1180 g/mol. The van der Waals surface area contributed by atoms with Crippen LogP contribution in [0, 0.1) is 0 Å². The number of hydrogen-bond donors (Lipinski definition) is 7. The van der Waals surface area contributed by atoms with E-state index < -0.39 is 65.4 Å². The molecule has 0 aromatic heterocycles. The molecule has 0 saturated heterocycles. The van der Waals surface area contributed by atoms with Crippen molar-refractivity contribution >= 4 is 47.3 Å². The standard InChI is InChI=1S/C53H82F9N7O12/c54-51(55,56)47(75)66-31-18-8-15-28-63-42(70)25-34-78-38-50(39-79-35-26-43(71)64-29-16-9-19-32-67-48(76)52(57,58)59,40-80-36-27-44(72)65-30-17-10-20-33-68-49(77)53(60,61)62)69-45(73)23-13-5-3-1-2-4-6-14-24-46(74)81-37-41-21-11-7-12-22-41/h7,11-12,21-22H,1-6,8-10,13-20,23-40H2,(H,63,70)(H,64,71)(H,65,72)(H,66,75)(H,67,76)(H,68,77)(H,69,73). The van der Waals surface area contributed by atoms with Crippen LogP contribution in [0.2, 0.25) is 0 Å². The van der Waals surface area contributed by atoms with E-state index in [4.69, 9.17) is 18.9 Å². The van der Waals surface area contributed by atoms with Gasteiger partial charge >= 0.3 is 42.2 Å². The van der Waals surface area contributed by atoms with Crippen molar-refractivity contribution in [1.82, 2.24) is 37.2 Å². The fraction of sp³-hybridized carbons (Fsp3) is 0.736. The summed E-state index contributed by atoms with van der Waals surface area (Å²) in [7, 11) is 0. The molecule has 0 atom stereocenters. The minimum Gasteiger partial charge on any atom is -0.461 e. The number of nitrogens with one attached hydrogen (secondary N) is 7. The fourth-order valence-electron chi connectivity index (χ4n) is 7.45. The van der Waals surface area contributed by atoms with Gasteiger partial charge in [-0.2, -0.15) is 39.5 Å². The Morgan fingerprint density at radius 3 is 1.01 bits per heavy atom. The van der Waals surface area contributed by atoms with Gasteiger partial charge in [0.05, 0.1) is 39.6 Å². The molecule has 7 N–H and O–H groups in total. The molecule has 0 aliphatic rings. The SMILES string of the molecule is O=C(CCOCC(COCCC(=O)NCCCCCNC(=O)C(F)(F)F)(COCCC(=O)NCCCCCNC(=O)C(F)(F)F)NC(=O)CCCCCCCCCCC(=O)OCc1ccccc1)NCCCCCNC(=O)C(F)(F)F. The second-order valence-corrected chi connectivity index (χ2v) is 19.2.